The number of hydrogen-bond donors (Lipinski definition) is 0. The highest BCUT2D eigenvalue weighted by Gasteiger charge is 2.43. The lowest BCUT2D eigenvalue weighted by Gasteiger charge is -2.38. The fourth-order valence-corrected chi connectivity index (χ4v) is 1.86. The normalized spacial score (nSPS) is 18.8. The Morgan fingerprint density at radius 2 is 2.18 bits per heavy atom. The number of aromatic nitrogens is 2. The van der Waals surface area contributed by atoms with Gasteiger partial charge in [0.1, 0.15) is 0 Å². The molecule has 1 saturated heterocycles. The fraction of sp³-hybridized carbons (Fsp3) is 0.636. The monoisotopic (exact) mass is 243 g/mol. The van der Waals surface area contributed by atoms with Gasteiger partial charge in [-0.2, -0.15) is 0 Å². The first-order chi connectivity index (χ1) is 8.00. The Kier molecular flexibility index (Phi) is 3.24. The number of hydrogen-bond acceptors (Lipinski definition) is 4. The molecule has 2 rings (SSSR count). The molecular formula is C11H15F2N3O. The van der Waals surface area contributed by atoms with E-state index in [1.54, 1.807) is 11.1 Å². The van der Waals surface area contributed by atoms with Crippen LogP contribution in [0.2, 0.25) is 0 Å². The summed E-state index contributed by atoms with van der Waals surface area (Å²) in [5.41, 5.74) is 1.81. The molecule has 17 heavy (non-hydrogen) atoms. The standard InChI is InChI=1S/C11H15F2N3O/c1-8-9(5-14-10(15-8)17-2)3-4-16-6-11(12,13)7-16/h5H,3-4,6-7H2,1-2H3. The Bertz CT molecular complexity index is 404. The quantitative estimate of drug-likeness (QED) is 0.798. The topological polar surface area (TPSA) is 38.2 Å². The molecular weight excluding hydrogens is 228 g/mol. The van der Waals surface area contributed by atoms with Crippen molar-refractivity contribution in [2.45, 2.75) is 19.3 Å². The summed E-state index contributed by atoms with van der Waals surface area (Å²) in [5.74, 6) is -2.49. The van der Waals surface area contributed by atoms with Crippen LogP contribution in [-0.4, -0.2) is 47.5 Å². The zero-order chi connectivity index (χ0) is 12.5. The van der Waals surface area contributed by atoms with Gasteiger partial charge in [0.25, 0.3) is 5.92 Å². The summed E-state index contributed by atoms with van der Waals surface area (Å²) in [6.45, 7) is 2.21. The molecule has 0 aromatic carbocycles. The summed E-state index contributed by atoms with van der Waals surface area (Å²) in [6, 6.07) is 0.335. The number of ether oxygens (including phenoxy) is 1. The van der Waals surface area contributed by atoms with Crippen LogP contribution in [0.3, 0.4) is 0 Å². The van der Waals surface area contributed by atoms with Gasteiger partial charge in [0.15, 0.2) is 0 Å². The zero-order valence-corrected chi connectivity index (χ0v) is 9.91. The second-order valence-electron chi connectivity index (χ2n) is 4.28. The predicted molar refractivity (Wildman–Crippen MR) is 58.4 cm³/mol. The van der Waals surface area contributed by atoms with Crippen LogP contribution in [0.25, 0.3) is 0 Å². The van der Waals surface area contributed by atoms with Crippen molar-refractivity contribution in [1.29, 1.82) is 0 Å². The number of rotatable bonds is 4. The van der Waals surface area contributed by atoms with Crippen molar-refractivity contribution in [3.8, 4) is 6.01 Å². The number of likely N-dealkylation sites (tertiary alicyclic amines) is 1. The van der Waals surface area contributed by atoms with Crippen molar-refractivity contribution >= 4 is 0 Å². The second kappa shape index (κ2) is 4.52. The fourth-order valence-electron chi connectivity index (χ4n) is 1.86. The van der Waals surface area contributed by atoms with E-state index in [1.807, 2.05) is 6.92 Å². The van der Waals surface area contributed by atoms with Gasteiger partial charge in [-0.05, 0) is 18.9 Å². The average molecular weight is 243 g/mol. The summed E-state index contributed by atoms with van der Waals surface area (Å²) < 4.78 is 30.1. The molecule has 0 atom stereocenters. The van der Waals surface area contributed by atoms with Crippen LogP contribution in [0.4, 0.5) is 8.78 Å². The summed E-state index contributed by atoms with van der Waals surface area (Å²) in [6.07, 6.45) is 2.38. The number of nitrogens with zero attached hydrogens (tertiary/aromatic N) is 3. The summed E-state index contributed by atoms with van der Waals surface area (Å²) in [4.78, 5) is 9.88. The zero-order valence-electron chi connectivity index (χ0n) is 9.91. The van der Waals surface area contributed by atoms with E-state index in [1.165, 1.54) is 7.11 Å². The van der Waals surface area contributed by atoms with E-state index in [0.717, 1.165) is 11.3 Å². The highest BCUT2D eigenvalue weighted by Crippen LogP contribution is 2.26. The third-order valence-corrected chi connectivity index (χ3v) is 2.85. The predicted octanol–water partition coefficient (Wildman–Crippen LogP) is 1.29. The van der Waals surface area contributed by atoms with Gasteiger partial charge >= 0.3 is 6.01 Å². The lowest BCUT2D eigenvalue weighted by molar-refractivity contribution is -0.129. The molecule has 0 spiro atoms. The minimum Gasteiger partial charge on any atom is -0.467 e. The van der Waals surface area contributed by atoms with Crippen LogP contribution in [0.15, 0.2) is 6.20 Å². The molecule has 94 valence electrons. The minimum atomic E-state index is -2.49. The van der Waals surface area contributed by atoms with Crippen molar-refractivity contribution in [2.75, 3.05) is 26.7 Å². The van der Waals surface area contributed by atoms with Gasteiger partial charge in [-0.15, -0.1) is 0 Å². The second-order valence-corrected chi connectivity index (χ2v) is 4.28. The molecule has 4 nitrogen and oxygen atoms in total. The van der Waals surface area contributed by atoms with Gasteiger partial charge in [-0.1, -0.05) is 0 Å². The van der Waals surface area contributed by atoms with Gasteiger partial charge in [0.2, 0.25) is 0 Å². The van der Waals surface area contributed by atoms with Gasteiger partial charge < -0.3 is 4.74 Å². The maximum Gasteiger partial charge on any atom is 0.316 e. The molecule has 0 aliphatic carbocycles. The van der Waals surface area contributed by atoms with E-state index in [9.17, 15) is 8.78 Å². The molecule has 1 aromatic rings. The molecule has 1 aliphatic rings. The van der Waals surface area contributed by atoms with Crippen LogP contribution in [0.1, 0.15) is 11.3 Å². The van der Waals surface area contributed by atoms with Crippen LogP contribution >= 0.6 is 0 Å². The Morgan fingerprint density at radius 1 is 1.47 bits per heavy atom. The van der Waals surface area contributed by atoms with E-state index < -0.39 is 5.92 Å². The molecule has 0 N–H and O–H groups in total. The number of methoxy groups -OCH3 is 1. The van der Waals surface area contributed by atoms with Crippen molar-refractivity contribution in [1.82, 2.24) is 14.9 Å². The van der Waals surface area contributed by atoms with Crippen LogP contribution in [-0.2, 0) is 6.42 Å². The molecule has 1 aromatic heterocycles. The summed E-state index contributed by atoms with van der Waals surface area (Å²) >= 11 is 0. The van der Waals surface area contributed by atoms with Gasteiger partial charge in [-0.3, -0.25) is 4.90 Å². The average Bonchev–Trinajstić information content (AvgIpc) is 2.24. The number of aryl methyl sites for hydroxylation is 1. The smallest absolute Gasteiger partial charge is 0.316 e. The van der Waals surface area contributed by atoms with Crippen molar-refractivity contribution in [3.05, 3.63) is 17.5 Å². The van der Waals surface area contributed by atoms with Crippen molar-refractivity contribution in [2.24, 2.45) is 0 Å². The molecule has 1 fully saturated rings. The molecule has 0 saturated carbocycles. The highest BCUT2D eigenvalue weighted by atomic mass is 19.3. The van der Waals surface area contributed by atoms with E-state index >= 15 is 0 Å². The van der Waals surface area contributed by atoms with Gasteiger partial charge in [0, 0.05) is 18.4 Å². The van der Waals surface area contributed by atoms with Crippen LogP contribution in [0, 0.1) is 6.92 Å². The third-order valence-electron chi connectivity index (χ3n) is 2.85. The van der Waals surface area contributed by atoms with Crippen LogP contribution in [0.5, 0.6) is 6.01 Å². The molecule has 6 heteroatoms. The SMILES string of the molecule is COc1ncc(CCN2CC(F)(F)C2)c(C)n1. The molecule has 0 bridgehead atoms. The third kappa shape index (κ3) is 2.88. The van der Waals surface area contributed by atoms with E-state index in [0.29, 0.717) is 19.0 Å². The molecule has 0 unspecified atom stereocenters. The Balaban J connectivity index is 1.87. The first-order valence-electron chi connectivity index (χ1n) is 5.47. The van der Waals surface area contributed by atoms with E-state index in [4.69, 9.17) is 4.74 Å². The minimum absolute atomic E-state index is 0.136. The lowest BCUT2D eigenvalue weighted by atomic mass is 10.1. The number of halogens is 2. The van der Waals surface area contributed by atoms with E-state index in [2.05, 4.69) is 9.97 Å². The Hall–Kier alpha value is -1.30. The van der Waals surface area contributed by atoms with Crippen molar-refractivity contribution in [3.63, 3.8) is 0 Å². The Morgan fingerprint density at radius 3 is 2.71 bits per heavy atom. The van der Waals surface area contributed by atoms with Gasteiger partial charge in [0.05, 0.1) is 20.2 Å². The first-order valence-corrected chi connectivity index (χ1v) is 5.47. The molecule has 0 radical (unpaired) electrons. The Labute approximate surface area is 98.6 Å². The molecule has 0 amide bonds. The van der Waals surface area contributed by atoms with Gasteiger partial charge in [-0.25, -0.2) is 18.7 Å². The largest absolute Gasteiger partial charge is 0.467 e. The van der Waals surface area contributed by atoms with Crippen molar-refractivity contribution < 1.29 is 13.5 Å². The maximum absolute atomic E-state index is 12.6. The highest BCUT2D eigenvalue weighted by molar-refractivity contribution is 5.18. The lowest BCUT2D eigenvalue weighted by Crippen LogP contribution is -2.56. The van der Waals surface area contributed by atoms with Crippen LogP contribution < -0.4 is 4.74 Å². The summed E-state index contributed by atoms with van der Waals surface area (Å²) in [5, 5.41) is 0. The maximum atomic E-state index is 12.6. The molecule has 1 aliphatic heterocycles. The number of alkyl halides is 2. The summed E-state index contributed by atoms with van der Waals surface area (Å²) in [7, 11) is 1.51. The first kappa shape index (κ1) is 12.2. The van der Waals surface area contributed by atoms with E-state index in [-0.39, 0.29) is 13.1 Å². The molecule has 2 heterocycles.